The second-order valence-corrected chi connectivity index (χ2v) is 3.22. The van der Waals surface area contributed by atoms with Gasteiger partial charge in [-0.15, -0.1) is 0 Å². The van der Waals surface area contributed by atoms with E-state index in [1.807, 2.05) is 0 Å². The van der Waals surface area contributed by atoms with Crippen LogP contribution in [0.2, 0.25) is 10.0 Å². The van der Waals surface area contributed by atoms with Crippen LogP contribution in [0, 0.1) is 11.2 Å². The Balaban J connectivity index is 2.70. The zero-order chi connectivity index (χ0) is 9.68. The van der Waals surface area contributed by atoms with Crippen LogP contribution in [-0.4, -0.2) is 6.61 Å². The minimum absolute atomic E-state index is 0.269. The molecule has 13 heavy (non-hydrogen) atoms. The van der Waals surface area contributed by atoms with Crippen molar-refractivity contribution in [3.63, 3.8) is 0 Å². The minimum atomic E-state index is 0.269. The molecule has 0 bridgehead atoms. The van der Waals surface area contributed by atoms with E-state index >= 15 is 0 Å². The van der Waals surface area contributed by atoms with Crippen LogP contribution < -0.4 is 4.74 Å². The Bertz CT molecular complexity index is 354. The van der Waals surface area contributed by atoms with Gasteiger partial charge in [-0.2, -0.15) is 0 Å². The lowest BCUT2D eigenvalue weighted by molar-refractivity contribution is 0.370. The number of rotatable bonds is 2. The fourth-order valence-corrected chi connectivity index (χ4v) is 1.27. The third kappa shape index (κ3) is 3.40. The number of thiol groups is 1. The number of benzene rings is 1. The molecule has 0 radical (unpaired) electrons. The molecule has 1 nitrogen and oxygen atoms in total. The van der Waals surface area contributed by atoms with Gasteiger partial charge in [0.15, 0.2) is 0 Å². The summed E-state index contributed by atoms with van der Waals surface area (Å²) in [5.41, 5.74) is 0. The Morgan fingerprint density at radius 1 is 1.38 bits per heavy atom. The van der Waals surface area contributed by atoms with Gasteiger partial charge in [0, 0.05) is 5.02 Å². The van der Waals surface area contributed by atoms with E-state index in [2.05, 4.69) is 23.8 Å². The van der Waals surface area contributed by atoms with Crippen LogP contribution in [0.25, 0.3) is 0 Å². The van der Waals surface area contributed by atoms with Crippen molar-refractivity contribution in [1.29, 1.82) is 0 Å². The van der Waals surface area contributed by atoms with Gasteiger partial charge in [0.25, 0.3) is 0 Å². The van der Waals surface area contributed by atoms with Crippen molar-refractivity contribution in [1.82, 2.24) is 0 Å². The fourth-order valence-electron chi connectivity index (χ4n) is 0.738. The quantitative estimate of drug-likeness (QED) is 0.609. The summed E-state index contributed by atoms with van der Waals surface area (Å²) in [5.74, 6) is 3.21. The molecule has 1 aromatic rings. The summed E-state index contributed by atoms with van der Waals surface area (Å²) in [5, 5.41) is 3.48. The van der Waals surface area contributed by atoms with E-state index in [1.54, 1.807) is 18.2 Å². The van der Waals surface area contributed by atoms with Gasteiger partial charge < -0.3 is 4.74 Å². The van der Waals surface area contributed by atoms with Crippen molar-refractivity contribution >= 4 is 35.8 Å². The van der Waals surface area contributed by atoms with Crippen molar-refractivity contribution in [3.8, 4) is 16.9 Å². The molecule has 1 rings (SSSR count). The Kier molecular flexibility index (Phi) is 4.31. The molecule has 0 saturated heterocycles. The van der Waals surface area contributed by atoms with Crippen LogP contribution in [-0.2, 0) is 0 Å². The molecule has 0 unspecified atom stereocenters. The van der Waals surface area contributed by atoms with Gasteiger partial charge in [-0.05, 0) is 23.5 Å². The molecule has 0 aromatic heterocycles. The average Bonchev–Trinajstić information content (AvgIpc) is 2.09. The van der Waals surface area contributed by atoms with Crippen LogP contribution in [0.3, 0.4) is 0 Å². The summed E-state index contributed by atoms with van der Waals surface area (Å²) < 4.78 is 5.22. The van der Waals surface area contributed by atoms with Gasteiger partial charge in [-0.1, -0.05) is 41.8 Å². The summed E-state index contributed by atoms with van der Waals surface area (Å²) in [6.45, 7) is 0.269. The largest absolute Gasteiger partial charge is 0.479 e. The lowest BCUT2D eigenvalue weighted by atomic mass is 10.3. The first-order chi connectivity index (χ1) is 6.24. The van der Waals surface area contributed by atoms with Crippen molar-refractivity contribution in [3.05, 3.63) is 28.2 Å². The number of hydrogen-bond acceptors (Lipinski definition) is 2. The second-order valence-electron chi connectivity index (χ2n) is 2.15. The molecular weight excluding hydrogens is 227 g/mol. The normalized spacial score (nSPS) is 8.85. The van der Waals surface area contributed by atoms with Gasteiger partial charge in [0.05, 0.1) is 5.02 Å². The molecule has 0 atom stereocenters. The van der Waals surface area contributed by atoms with Gasteiger partial charge in [0.2, 0.25) is 0 Å². The topological polar surface area (TPSA) is 9.23 Å². The molecule has 0 N–H and O–H groups in total. The molecule has 0 spiro atoms. The highest BCUT2D eigenvalue weighted by molar-refractivity contribution is 7.85. The number of ether oxygens (including phenoxy) is 1. The van der Waals surface area contributed by atoms with Gasteiger partial charge in [0.1, 0.15) is 12.4 Å². The highest BCUT2D eigenvalue weighted by Crippen LogP contribution is 2.27. The Morgan fingerprint density at radius 2 is 2.15 bits per heavy atom. The van der Waals surface area contributed by atoms with Crippen LogP contribution in [0.1, 0.15) is 0 Å². The lowest BCUT2D eigenvalue weighted by Crippen LogP contribution is -1.93. The zero-order valence-corrected chi connectivity index (χ0v) is 8.96. The lowest BCUT2D eigenvalue weighted by Gasteiger charge is -2.03. The fraction of sp³-hybridized carbons (Fsp3) is 0.111. The highest BCUT2D eigenvalue weighted by Gasteiger charge is 2.00. The standard InChI is InChI=1S/C9H6Cl2OS/c10-7-2-3-9(8(11)6-7)12-4-1-5-13/h2-3,6,13H,4H2. The summed E-state index contributed by atoms with van der Waals surface area (Å²) in [6.07, 6.45) is 0. The monoisotopic (exact) mass is 232 g/mol. The Morgan fingerprint density at radius 3 is 2.77 bits per heavy atom. The molecule has 1 aromatic carbocycles. The molecule has 0 saturated carbocycles. The predicted molar refractivity (Wildman–Crippen MR) is 58.7 cm³/mol. The van der Waals surface area contributed by atoms with E-state index < -0.39 is 0 Å². The first kappa shape index (κ1) is 10.6. The van der Waals surface area contributed by atoms with E-state index in [9.17, 15) is 0 Å². The summed E-state index contributed by atoms with van der Waals surface area (Å²) in [6, 6.07) is 5.02. The molecular formula is C9H6Cl2OS. The molecule has 4 heteroatoms. The first-order valence-corrected chi connectivity index (χ1v) is 4.64. The molecule has 0 aliphatic rings. The molecule has 0 fully saturated rings. The van der Waals surface area contributed by atoms with Crippen molar-refractivity contribution in [2.45, 2.75) is 0 Å². The maximum atomic E-state index is 5.83. The third-order valence-corrected chi connectivity index (χ3v) is 1.96. The van der Waals surface area contributed by atoms with Crippen LogP contribution >= 0.6 is 35.8 Å². The zero-order valence-electron chi connectivity index (χ0n) is 6.55. The van der Waals surface area contributed by atoms with Crippen molar-refractivity contribution in [2.75, 3.05) is 6.61 Å². The second kappa shape index (κ2) is 5.29. The average molecular weight is 233 g/mol. The number of halogens is 2. The third-order valence-electron chi connectivity index (χ3n) is 1.27. The highest BCUT2D eigenvalue weighted by atomic mass is 35.5. The maximum Gasteiger partial charge on any atom is 0.150 e. The molecule has 68 valence electrons. The van der Waals surface area contributed by atoms with Gasteiger partial charge in [-0.3, -0.25) is 0 Å². The maximum absolute atomic E-state index is 5.83. The summed E-state index contributed by atoms with van der Waals surface area (Å²) in [4.78, 5) is 0. The van der Waals surface area contributed by atoms with Crippen LogP contribution in [0.15, 0.2) is 18.2 Å². The molecule has 0 aliphatic heterocycles. The van der Waals surface area contributed by atoms with Crippen LogP contribution in [0.5, 0.6) is 5.75 Å². The summed E-state index contributed by atoms with van der Waals surface area (Å²) in [7, 11) is 0. The SMILES string of the molecule is SC#CCOc1ccc(Cl)cc1Cl. The predicted octanol–water partition coefficient (Wildman–Crippen LogP) is 3.26. The smallest absolute Gasteiger partial charge is 0.150 e. The molecule has 0 heterocycles. The summed E-state index contributed by atoms with van der Waals surface area (Å²) >= 11 is 15.2. The number of hydrogen-bond donors (Lipinski definition) is 1. The minimum Gasteiger partial charge on any atom is -0.479 e. The molecule has 0 amide bonds. The van der Waals surface area contributed by atoms with Crippen molar-refractivity contribution < 1.29 is 4.74 Å². The van der Waals surface area contributed by atoms with Gasteiger partial charge in [-0.25, -0.2) is 0 Å². The van der Waals surface area contributed by atoms with Crippen molar-refractivity contribution in [2.24, 2.45) is 0 Å². The Hall–Kier alpha value is -0.490. The Labute approximate surface area is 92.4 Å². The van der Waals surface area contributed by atoms with E-state index in [1.165, 1.54) is 0 Å². The van der Waals surface area contributed by atoms with E-state index in [0.29, 0.717) is 15.8 Å². The van der Waals surface area contributed by atoms with E-state index in [4.69, 9.17) is 27.9 Å². The van der Waals surface area contributed by atoms with E-state index in [-0.39, 0.29) is 6.61 Å². The molecule has 0 aliphatic carbocycles. The van der Waals surface area contributed by atoms with Gasteiger partial charge >= 0.3 is 0 Å². The first-order valence-electron chi connectivity index (χ1n) is 3.44. The van der Waals surface area contributed by atoms with Crippen LogP contribution in [0.4, 0.5) is 0 Å². The van der Waals surface area contributed by atoms with E-state index in [0.717, 1.165) is 0 Å².